The molecule has 1 atom stereocenters. The Balaban J connectivity index is 2.35. The molecule has 0 bridgehead atoms. The molecule has 0 spiro atoms. The molecule has 0 saturated heterocycles. The number of hydrogen-bond donors (Lipinski definition) is 3. The minimum Gasteiger partial charge on any atom is -0.480 e. The number of carbonyl (C=O) groups excluding carboxylic acids is 1. The summed E-state index contributed by atoms with van der Waals surface area (Å²) in [6.07, 6.45) is 0.525. The van der Waals surface area contributed by atoms with Crippen LogP contribution in [0.25, 0.3) is 0 Å². The van der Waals surface area contributed by atoms with Crippen LogP contribution >= 0.6 is 0 Å². The van der Waals surface area contributed by atoms with E-state index in [1.807, 2.05) is 26.0 Å². The van der Waals surface area contributed by atoms with E-state index in [2.05, 4.69) is 11.4 Å². The van der Waals surface area contributed by atoms with Gasteiger partial charge in [0.05, 0.1) is 6.42 Å². The lowest BCUT2D eigenvalue weighted by Gasteiger charge is -2.09. The molecule has 0 heterocycles. The Labute approximate surface area is 112 Å². The number of aryl methyl sites for hydroxylation is 2. The van der Waals surface area contributed by atoms with Gasteiger partial charge in [-0.05, 0) is 37.0 Å². The first-order valence-electron chi connectivity index (χ1n) is 6.21. The lowest BCUT2D eigenvalue weighted by molar-refractivity contribution is -0.140. The molecular weight excluding hydrogens is 244 g/mol. The Morgan fingerprint density at radius 2 is 2.00 bits per heavy atom. The SMILES string of the molecule is Cc1ccc(CCNC(=O)CC(N)C(=O)O)cc1C. The predicted molar refractivity (Wildman–Crippen MR) is 72.9 cm³/mol. The molecule has 5 nitrogen and oxygen atoms in total. The summed E-state index contributed by atoms with van der Waals surface area (Å²) in [4.78, 5) is 21.9. The monoisotopic (exact) mass is 264 g/mol. The largest absolute Gasteiger partial charge is 0.480 e. The fraction of sp³-hybridized carbons (Fsp3) is 0.429. The van der Waals surface area contributed by atoms with Crippen molar-refractivity contribution in [3.05, 3.63) is 34.9 Å². The highest BCUT2D eigenvalue weighted by atomic mass is 16.4. The van der Waals surface area contributed by atoms with Crippen molar-refractivity contribution in [2.75, 3.05) is 6.54 Å². The van der Waals surface area contributed by atoms with E-state index in [0.717, 1.165) is 12.0 Å². The first-order chi connectivity index (χ1) is 8.90. The average molecular weight is 264 g/mol. The summed E-state index contributed by atoms with van der Waals surface area (Å²) in [6.45, 7) is 4.57. The first kappa shape index (κ1) is 15.2. The molecule has 1 unspecified atom stereocenters. The van der Waals surface area contributed by atoms with Crippen LogP contribution < -0.4 is 11.1 Å². The third-order valence-corrected chi connectivity index (χ3v) is 3.03. The van der Waals surface area contributed by atoms with Crippen LogP contribution in [0.3, 0.4) is 0 Å². The molecular formula is C14H20N2O3. The van der Waals surface area contributed by atoms with Crippen LogP contribution in [-0.4, -0.2) is 29.6 Å². The van der Waals surface area contributed by atoms with Gasteiger partial charge in [-0.1, -0.05) is 18.2 Å². The molecule has 5 heteroatoms. The molecule has 1 aromatic rings. The number of nitrogens with two attached hydrogens (primary N) is 1. The standard InChI is InChI=1S/C14H20N2O3/c1-9-3-4-11(7-10(9)2)5-6-16-13(17)8-12(15)14(18)19/h3-4,7,12H,5-6,8,15H2,1-2H3,(H,16,17)(H,18,19). The highest BCUT2D eigenvalue weighted by Gasteiger charge is 2.15. The molecule has 0 radical (unpaired) electrons. The van der Waals surface area contributed by atoms with Gasteiger partial charge in [-0.2, -0.15) is 0 Å². The van der Waals surface area contributed by atoms with Gasteiger partial charge in [0.1, 0.15) is 6.04 Å². The molecule has 0 aliphatic carbocycles. The Morgan fingerprint density at radius 3 is 2.58 bits per heavy atom. The smallest absolute Gasteiger partial charge is 0.321 e. The quantitative estimate of drug-likeness (QED) is 0.707. The van der Waals surface area contributed by atoms with Crippen molar-refractivity contribution in [3.63, 3.8) is 0 Å². The third-order valence-electron chi connectivity index (χ3n) is 3.03. The van der Waals surface area contributed by atoms with E-state index >= 15 is 0 Å². The molecule has 0 fully saturated rings. The zero-order chi connectivity index (χ0) is 14.4. The number of aliphatic carboxylic acids is 1. The number of carboxylic acids is 1. The number of nitrogens with one attached hydrogen (secondary N) is 1. The van der Waals surface area contributed by atoms with Crippen LogP contribution in [0.1, 0.15) is 23.1 Å². The second kappa shape index (κ2) is 6.89. The van der Waals surface area contributed by atoms with Gasteiger partial charge in [-0.3, -0.25) is 9.59 Å². The lowest BCUT2D eigenvalue weighted by atomic mass is 10.0. The van der Waals surface area contributed by atoms with Gasteiger partial charge < -0.3 is 16.2 Å². The zero-order valence-corrected chi connectivity index (χ0v) is 11.3. The molecule has 0 aliphatic heterocycles. The Hall–Kier alpha value is -1.88. The van der Waals surface area contributed by atoms with E-state index < -0.39 is 12.0 Å². The summed E-state index contributed by atoms with van der Waals surface area (Å²) in [5, 5.41) is 11.3. The fourth-order valence-electron chi connectivity index (χ4n) is 1.66. The normalized spacial score (nSPS) is 11.9. The second-order valence-electron chi connectivity index (χ2n) is 4.67. The molecule has 0 aromatic heterocycles. The first-order valence-corrected chi connectivity index (χ1v) is 6.21. The van der Waals surface area contributed by atoms with Crippen LogP contribution in [0.15, 0.2) is 18.2 Å². The van der Waals surface area contributed by atoms with E-state index in [0.29, 0.717) is 6.54 Å². The summed E-state index contributed by atoms with van der Waals surface area (Å²) in [7, 11) is 0. The molecule has 1 rings (SSSR count). The fourth-order valence-corrected chi connectivity index (χ4v) is 1.66. The van der Waals surface area contributed by atoms with Crippen molar-refractivity contribution < 1.29 is 14.7 Å². The van der Waals surface area contributed by atoms with Crippen molar-refractivity contribution in [1.82, 2.24) is 5.32 Å². The van der Waals surface area contributed by atoms with E-state index in [1.165, 1.54) is 11.1 Å². The number of benzene rings is 1. The van der Waals surface area contributed by atoms with Crippen LogP contribution in [0.4, 0.5) is 0 Å². The number of rotatable bonds is 6. The molecule has 1 aromatic carbocycles. The molecule has 104 valence electrons. The summed E-state index contributed by atoms with van der Waals surface area (Å²) in [6, 6.07) is 5.02. The van der Waals surface area contributed by atoms with Crippen LogP contribution in [0, 0.1) is 13.8 Å². The average Bonchev–Trinajstić information content (AvgIpc) is 2.33. The summed E-state index contributed by atoms with van der Waals surface area (Å²) >= 11 is 0. The zero-order valence-electron chi connectivity index (χ0n) is 11.3. The molecule has 0 aliphatic rings. The van der Waals surface area contributed by atoms with Crippen LogP contribution in [0.5, 0.6) is 0 Å². The van der Waals surface area contributed by atoms with E-state index in [4.69, 9.17) is 10.8 Å². The van der Waals surface area contributed by atoms with Gasteiger partial charge in [0.15, 0.2) is 0 Å². The van der Waals surface area contributed by atoms with Crippen molar-refractivity contribution in [3.8, 4) is 0 Å². The van der Waals surface area contributed by atoms with E-state index in [9.17, 15) is 9.59 Å². The van der Waals surface area contributed by atoms with E-state index in [1.54, 1.807) is 0 Å². The summed E-state index contributed by atoms with van der Waals surface area (Å²) in [5.74, 6) is -1.50. The van der Waals surface area contributed by atoms with Crippen molar-refractivity contribution in [1.29, 1.82) is 0 Å². The molecule has 1 amide bonds. The minimum absolute atomic E-state index is 0.192. The van der Waals surface area contributed by atoms with Crippen molar-refractivity contribution >= 4 is 11.9 Å². The predicted octanol–water partition coefficient (Wildman–Crippen LogP) is 0.764. The van der Waals surface area contributed by atoms with E-state index in [-0.39, 0.29) is 12.3 Å². The van der Waals surface area contributed by atoms with Gasteiger partial charge in [-0.15, -0.1) is 0 Å². The number of amides is 1. The van der Waals surface area contributed by atoms with Gasteiger partial charge in [0.25, 0.3) is 0 Å². The maximum Gasteiger partial charge on any atom is 0.321 e. The van der Waals surface area contributed by atoms with Crippen LogP contribution in [0.2, 0.25) is 0 Å². The minimum atomic E-state index is -1.16. The second-order valence-corrected chi connectivity index (χ2v) is 4.67. The summed E-state index contributed by atoms with van der Waals surface area (Å²) < 4.78 is 0. The topological polar surface area (TPSA) is 92.4 Å². The highest BCUT2D eigenvalue weighted by molar-refractivity contribution is 5.84. The number of carboxylic acid groups (broad SMARTS) is 1. The Morgan fingerprint density at radius 1 is 1.32 bits per heavy atom. The van der Waals surface area contributed by atoms with Crippen molar-refractivity contribution in [2.24, 2.45) is 5.73 Å². The molecule has 0 saturated carbocycles. The summed E-state index contributed by atoms with van der Waals surface area (Å²) in [5.41, 5.74) is 8.88. The number of hydrogen-bond acceptors (Lipinski definition) is 3. The third kappa shape index (κ3) is 5.09. The lowest BCUT2D eigenvalue weighted by Crippen LogP contribution is -2.37. The van der Waals surface area contributed by atoms with Gasteiger partial charge in [0, 0.05) is 6.54 Å². The van der Waals surface area contributed by atoms with Crippen LogP contribution in [-0.2, 0) is 16.0 Å². The van der Waals surface area contributed by atoms with Crippen molar-refractivity contribution in [2.45, 2.75) is 32.7 Å². The Bertz CT molecular complexity index is 472. The molecule has 4 N–H and O–H groups in total. The van der Waals surface area contributed by atoms with Gasteiger partial charge >= 0.3 is 5.97 Å². The maximum absolute atomic E-state index is 11.4. The van der Waals surface area contributed by atoms with Gasteiger partial charge in [0.2, 0.25) is 5.91 Å². The Kier molecular flexibility index (Phi) is 5.51. The van der Waals surface area contributed by atoms with Gasteiger partial charge in [-0.25, -0.2) is 0 Å². The number of carbonyl (C=O) groups is 2. The maximum atomic E-state index is 11.4. The highest BCUT2D eigenvalue weighted by Crippen LogP contribution is 2.09. The molecule has 19 heavy (non-hydrogen) atoms.